The molecule has 0 unspecified atom stereocenters. The summed E-state index contributed by atoms with van der Waals surface area (Å²) in [6.07, 6.45) is 19.6. The fourth-order valence-electron chi connectivity index (χ4n) is 2.48. The molecule has 0 rings (SSSR count). The molecule has 134 valence electrons. The summed E-state index contributed by atoms with van der Waals surface area (Å²) in [7, 11) is 1.66. The normalized spacial score (nSPS) is 10.3. The van der Waals surface area contributed by atoms with Gasteiger partial charge in [0.15, 0.2) is 0 Å². The fourth-order valence-corrected chi connectivity index (χ4v) is 2.48. The van der Waals surface area contributed by atoms with Crippen molar-refractivity contribution in [1.29, 1.82) is 0 Å². The molecule has 2 heteroatoms. The highest BCUT2D eigenvalue weighted by Gasteiger charge is 1.91. The monoisotopic (exact) mass is 322 g/mol. The van der Waals surface area contributed by atoms with Gasteiger partial charge in [0.05, 0.1) is 0 Å². The van der Waals surface area contributed by atoms with Gasteiger partial charge < -0.3 is 9.47 Å². The van der Waals surface area contributed by atoms with Crippen molar-refractivity contribution in [2.24, 2.45) is 0 Å². The van der Waals surface area contributed by atoms with Gasteiger partial charge in [-0.3, -0.25) is 0 Å². The molecule has 0 saturated carbocycles. The minimum absolute atomic E-state index is 0.417. The maximum absolute atomic E-state index is 5.25. The number of methoxy groups -OCH3 is 1. The van der Waals surface area contributed by atoms with Crippen molar-refractivity contribution in [3.63, 3.8) is 0 Å². The molecule has 0 aromatic heterocycles. The van der Waals surface area contributed by atoms with Crippen LogP contribution < -0.4 is 0 Å². The van der Waals surface area contributed by atoms with E-state index in [0.29, 0.717) is 6.79 Å². The first kappa shape index (κ1) is 22.2. The number of hydrogen-bond donors (Lipinski definition) is 0. The van der Waals surface area contributed by atoms with Gasteiger partial charge in [0.2, 0.25) is 0 Å². The molecule has 0 bridgehead atoms. The molecular weight excluding hydrogens is 284 g/mol. The summed E-state index contributed by atoms with van der Waals surface area (Å²) in [4.78, 5) is 0. The molecule has 0 amide bonds. The largest absolute Gasteiger partial charge is 0.359 e. The van der Waals surface area contributed by atoms with Gasteiger partial charge in [-0.15, -0.1) is 18.4 Å². The van der Waals surface area contributed by atoms with Crippen LogP contribution in [0.25, 0.3) is 0 Å². The first-order valence-corrected chi connectivity index (χ1v) is 9.55. The average Bonchev–Trinajstić information content (AvgIpc) is 2.57. The van der Waals surface area contributed by atoms with E-state index in [1.807, 2.05) is 6.08 Å². The lowest BCUT2D eigenvalue weighted by atomic mass is 10.1. The molecule has 0 N–H and O–H groups in total. The van der Waals surface area contributed by atoms with Crippen LogP contribution in [-0.2, 0) is 9.47 Å². The molecule has 23 heavy (non-hydrogen) atoms. The zero-order chi connectivity index (χ0) is 16.8. The SMILES string of the molecule is C=CCCCCCCCCCC#CCCCCCCOCOC. The lowest BCUT2D eigenvalue weighted by molar-refractivity contribution is -0.0315. The molecule has 0 radical (unpaired) electrons. The Morgan fingerprint density at radius 2 is 1.26 bits per heavy atom. The summed E-state index contributed by atoms with van der Waals surface area (Å²) >= 11 is 0. The van der Waals surface area contributed by atoms with Crippen LogP contribution in [0.3, 0.4) is 0 Å². The van der Waals surface area contributed by atoms with Crippen LogP contribution in [-0.4, -0.2) is 20.5 Å². The number of unbranched alkanes of at least 4 members (excludes halogenated alkanes) is 12. The van der Waals surface area contributed by atoms with Crippen molar-refractivity contribution in [2.45, 2.75) is 89.9 Å². The second-order valence-corrected chi connectivity index (χ2v) is 6.13. The highest BCUT2D eigenvalue weighted by Crippen LogP contribution is 2.09. The highest BCUT2D eigenvalue weighted by molar-refractivity contribution is 4.98. The van der Waals surface area contributed by atoms with Crippen molar-refractivity contribution >= 4 is 0 Å². The summed E-state index contributed by atoms with van der Waals surface area (Å²) in [5.41, 5.74) is 0. The van der Waals surface area contributed by atoms with E-state index in [2.05, 4.69) is 18.4 Å². The van der Waals surface area contributed by atoms with Crippen LogP contribution in [0.2, 0.25) is 0 Å². The third-order valence-corrected chi connectivity index (χ3v) is 3.88. The number of rotatable bonds is 17. The molecule has 0 heterocycles. The third kappa shape index (κ3) is 21.2. The van der Waals surface area contributed by atoms with E-state index >= 15 is 0 Å². The molecular formula is C21H38O2. The predicted octanol–water partition coefficient (Wildman–Crippen LogP) is 6.26. The van der Waals surface area contributed by atoms with Gasteiger partial charge >= 0.3 is 0 Å². The summed E-state index contributed by atoms with van der Waals surface area (Å²) in [5.74, 6) is 6.63. The molecule has 0 fully saturated rings. The maximum atomic E-state index is 5.25. The average molecular weight is 323 g/mol. The van der Waals surface area contributed by atoms with E-state index in [4.69, 9.17) is 9.47 Å². The van der Waals surface area contributed by atoms with Crippen LogP contribution in [0.1, 0.15) is 89.9 Å². The van der Waals surface area contributed by atoms with E-state index in [-0.39, 0.29) is 0 Å². The number of ether oxygens (including phenoxy) is 2. The summed E-state index contributed by atoms with van der Waals surface area (Å²) in [5, 5.41) is 0. The Balaban J connectivity index is 3.08. The first-order valence-electron chi connectivity index (χ1n) is 9.55. The van der Waals surface area contributed by atoms with Gasteiger partial charge in [-0.25, -0.2) is 0 Å². The Hall–Kier alpha value is -0.780. The summed E-state index contributed by atoms with van der Waals surface area (Å²) < 4.78 is 10.1. The Morgan fingerprint density at radius 3 is 1.83 bits per heavy atom. The number of allylic oxidation sites excluding steroid dienone is 1. The van der Waals surface area contributed by atoms with Gasteiger partial charge in [-0.2, -0.15) is 0 Å². The Morgan fingerprint density at radius 1 is 0.739 bits per heavy atom. The second kappa shape index (κ2) is 21.2. The van der Waals surface area contributed by atoms with E-state index < -0.39 is 0 Å². The standard InChI is InChI=1S/C21H38O2/c1-3-4-5-6-7-8-9-10-11-12-13-14-15-16-17-18-19-20-23-21-22-2/h3H,1,4-12,15-21H2,2H3. The Bertz CT molecular complexity index is 288. The Kier molecular flexibility index (Phi) is 20.5. The van der Waals surface area contributed by atoms with Crippen LogP contribution in [0, 0.1) is 11.8 Å². The zero-order valence-electron chi connectivity index (χ0n) is 15.4. The molecule has 2 nitrogen and oxygen atoms in total. The summed E-state index contributed by atoms with van der Waals surface area (Å²) in [6, 6.07) is 0. The Labute approximate surface area is 145 Å². The lowest BCUT2D eigenvalue weighted by Gasteiger charge is -2.01. The quantitative estimate of drug-likeness (QED) is 0.136. The molecule has 0 aromatic carbocycles. The van der Waals surface area contributed by atoms with E-state index in [0.717, 1.165) is 25.9 Å². The van der Waals surface area contributed by atoms with E-state index in [1.54, 1.807) is 7.11 Å². The van der Waals surface area contributed by atoms with Crippen LogP contribution in [0.15, 0.2) is 12.7 Å². The smallest absolute Gasteiger partial charge is 0.146 e. The second-order valence-electron chi connectivity index (χ2n) is 6.13. The van der Waals surface area contributed by atoms with Gasteiger partial charge in [-0.1, -0.05) is 51.0 Å². The maximum Gasteiger partial charge on any atom is 0.146 e. The van der Waals surface area contributed by atoms with Gasteiger partial charge in [0, 0.05) is 26.6 Å². The third-order valence-electron chi connectivity index (χ3n) is 3.88. The molecule has 0 spiro atoms. The number of hydrogen-bond acceptors (Lipinski definition) is 2. The van der Waals surface area contributed by atoms with Crippen molar-refractivity contribution in [3.8, 4) is 11.8 Å². The van der Waals surface area contributed by atoms with Crippen LogP contribution in [0.5, 0.6) is 0 Å². The highest BCUT2D eigenvalue weighted by atomic mass is 16.7. The fraction of sp³-hybridized carbons (Fsp3) is 0.810. The van der Waals surface area contributed by atoms with Crippen LogP contribution in [0.4, 0.5) is 0 Å². The zero-order valence-corrected chi connectivity index (χ0v) is 15.4. The van der Waals surface area contributed by atoms with Crippen molar-refractivity contribution in [2.75, 3.05) is 20.5 Å². The minimum atomic E-state index is 0.417. The molecule has 0 aliphatic carbocycles. The molecule has 0 aromatic rings. The predicted molar refractivity (Wildman–Crippen MR) is 100 cm³/mol. The van der Waals surface area contributed by atoms with Crippen LogP contribution >= 0.6 is 0 Å². The van der Waals surface area contributed by atoms with Gasteiger partial charge in [0.25, 0.3) is 0 Å². The van der Waals surface area contributed by atoms with Gasteiger partial charge in [0.1, 0.15) is 6.79 Å². The lowest BCUT2D eigenvalue weighted by Crippen LogP contribution is -1.98. The van der Waals surface area contributed by atoms with E-state index in [1.165, 1.54) is 70.6 Å². The molecule has 0 saturated heterocycles. The van der Waals surface area contributed by atoms with Crippen molar-refractivity contribution in [3.05, 3.63) is 12.7 Å². The summed E-state index contributed by atoms with van der Waals surface area (Å²) in [6.45, 7) is 4.99. The topological polar surface area (TPSA) is 18.5 Å². The van der Waals surface area contributed by atoms with Crippen molar-refractivity contribution < 1.29 is 9.47 Å². The van der Waals surface area contributed by atoms with Crippen molar-refractivity contribution in [1.82, 2.24) is 0 Å². The molecule has 0 atom stereocenters. The molecule has 0 aliphatic rings. The molecule has 0 aliphatic heterocycles. The first-order chi connectivity index (χ1) is 11.4. The van der Waals surface area contributed by atoms with Gasteiger partial charge in [-0.05, 0) is 32.1 Å². The van der Waals surface area contributed by atoms with E-state index in [9.17, 15) is 0 Å². The minimum Gasteiger partial charge on any atom is -0.359 e.